The van der Waals surface area contributed by atoms with E-state index in [1.54, 1.807) is 0 Å². The molecule has 0 fully saturated rings. The van der Waals surface area contributed by atoms with E-state index < -0.39 is 10.1 Å². The Bertz CT molecular complexity index is 262. The van der Waals surface area contributed by atoms with Gasteiger partial charge < -0.3 is 10.9 Å². The summed E-state index contributed by atoms with van der Waals surface area (Å²) in [5, 5.41) is 0. The number of carbonyl (C=O) groups is 1. The minimum atomic E-state index is -3.82. The summed E-state index contributed by atoms with van der Waals surface area (Å²) < 4.78 is 33.7. The largest absolute Gasteiger partial charge is 0.466 e. The van der Waals surface area contributed by atoms with E-state index in [4.69, 9.17) is 4.55 Å². The van der Waals surface area contributed by atoms with Crippen LogP contribution >= 0.6 is 0 Å². The average molecular weight is 241 g/mol. The van der Waals surface area contributed by atoms with E-state index in [0.29, 0.717) is 19.4 Å². The van der Waals surface area contributed by atoms with Gasteiger partial charge in [0.15, 0.2) is 0 Å². The molecule has 0 spiro atoms. The second-order valence-electron chi connectivity index (χ2n) is 3.04. The second kappa shape index (κ2) is 8.63. The van der Waals surface area contributed by atoms with Gasteiger partial charge in [-0.05, 0) is 12.8 Å². The fourth-order valence-corrected chi connectivity index (χ4v) is 1.52. The number of ether oxygens (including phenoxy) is 1. The van der Waals surface area contributed by atoms with Crippen LogP contribution in [0.3, 0.4) is 0 Å². The number of rotatable bonds is 7. The molecule has 0 aliphatic carbocycles. The zero-order valence-corrected chi connectivity index (χ0v) is 9.75. The minimum Gasteiger partial charge on any atom is -0.466 e. The number of esters is 1. The molecular formula is C8H19NO5S. The van der Waals surface area contributed by atoms with Gasteiger partial charge in [0.05, 0.1) is 12.4 Å². The molecule has 92 valence electrons. The van der Waals surface area contributed by atoms with Crippen LogP contribution in [0.15, 0.2) is 0 Å². The van der Waals surface area contributed by atoms with Crippen LogP contribution in [0.4, 0.5) is 0 Å². The van der Waals surface area contributed by atoms with Crippen LogP contribution in [0.1, 0.15) is 32.6 Å². The van der Waals surface area contributed by atoms with Crippen LogP contribution in [-0.4, -0.2) is 31.3 Å². The maximum Gasteiger partial charge on any atom is 0.302 e. The van der Waals surface area contributed by atoms with E-state index >= 15 is 0 Å². The van der Waals surface area contributed by atoms with Crippen LogP contribution in [-0.2, 0) is 19.6 Å². The fraction of sp³-hybridized carbons (Fsp3) is 0.875. The van der Waals surface area contributed by atoms with E-state index in [1.165, 1.54) is 6.92 Å². The highest BCUT2D eigenvalue weighted by molar-refractivity contribution is 7.85. The SMILES string of the molecule is CC(=O)OCCCCCCS(=O)(=O)O.N. The molecular weight excluding hydrogens is 222 g/mol. The lowest BCUT2D eigenvalue weighted by Crippen LogP contribution is -2.04. The Morgan fingerprint density at radius 1 is 1.20 bits per heavy atom. The summed E-state index contributed by atoms with van der Waals surface area (Å²) in [5.41, 5.74) is 0. The van der Waals surface area contributed by atoms with Gasteiger partial charge in [0.2, 0.25) is 0 Å². The molecule has 0 amide bonds. The van der Waals surface area contributed by atoms with Crippen molar-refractivity contribution < 1.29 is 22.5 Å². The van der Waals surface area contributed by atoms with Crippen molar-refractivity contribution in [1.82, 2.24) is 6.15 Å². The molecule has 6 nitrogen and oxygen atoms in total. The smallest absolute Gasteiger partial charge is 0.302 e. The number of hydrogen-bond acceptors (Lipinski definition) is 5. The zero-order valence-electron chi connectivity index (χ0n) is 8.94. The topological polar surface area (TPSA) is 116 Å². The molecule has 0 bridgehead atoms. The summed E-state index contributed by atoms with van der Waals surface area (Å²) in [6, 6.07) is 0. The van der Waals surface area contributed by atoms with Crippen molar-refractivity contribution in [2.24, 2.45) is 0 Å². The van der Waals surface area contributed by atoms with Crippen molar-refractivity contribution in [2.45, 2.75) is 32.6 Å². The van der Waals surface area contributed by atoms with Crippen molar-refractivity contribution in [1.29, 1.82) is 0 Å². The second-order valence-corrected chi connectivity index (χ2v) is 4.61. The number of carbonyl (C=O) groups excluding carboxylic acids is 1. The predicted octanol–water partition coefficient (Wildman–Crippen LogP) is 1.16. The van der Waals surface area contributed by atoms with Crippen LogP contribution < -0.4 is 6.15 Å². The Balaban J connectivity index is 0. The molecule has 15 heavy (non-hydrogen) atoms. The van der Waals surface area contributed by atoms with Crippen LogP contribution in [0.5, 0.6) is 0 Å². The maximum atomic E-state index is 10.3. The van der Waals surface area contributed by atoms with Gasteiger partial charge in [-0.15, -0.1) is 0 Å². The third-order valence-electron chi connectivity index (χ3n) is 1.60. The first-order chi connectivity index (χ1) is 6.42. The zero-order chi connectivity index (χ0) is 11.0. The third-order valence-corrected chi connectivity index (χ3v) is 2.41. The Labute approximate surface area is 90.3 Å². The standard InChI is InChI=1S/C8H16O5S.H3N/c1-8(9)13-6-4-2-3-5-7-14(10,11)12;/h2-7H2,1H3,(H,10,11,12);1H3. The lowest BCUT2D eigenvalue weighted by Gasteiger charge is -2.01. The molecule has 0 rings (SSSR count). The summed E-state index contributed by atoms with van der Waals surface area (Å²) in [7, 11) is -3.82. The van der Waals surface area contributed by atoms with Gasteiger partial charge in [0, 0.05) is 6.92 Å². The molecule has 0 heterocycles. The molecule has 4 N–H and O–H groups in total. The van der Waals surface area contributed by atoms with Crippen molar-refractivity contribution >= 4 is 16.1 Å². The molecule has 0 aromatic rings. The summed E-state index contributed by atoms with van der Waals surface area (Å²) in [6.45, 7) is 1.72. The Hall–Kier alpha value is -0.660. The summed E-state index contributed by atoms with van der Waals surface area (Å²) in [4.78, 5) is 10.3. The Morgan fingerprint density at radius 2 is 1.73 bits per heavy atom. The monoisotopic (exact) mass is 241 g/mol. The number of unbranched alkanes of at least 4 members (excludes halogenated alkanes) is 3. The van der Waals surface area contributed by atoms with E-state index in [9.17, 15) is 13.2 Å². The Morgan fingerprint density at radius 3 is 2.20 bits per heavy atom. The van der Waals surface area contributed by atoms with Crippen molar-refractivity contribution in [2.75, 3.05) is 12.4 Å². The highest BCUT2D eigenvalue weighted by Gasteiger charge is 2.02. The predicted molar refractivity (Wildman–Crippen MR) is 56.5 cm³/mol. The van der Waals surface area contributed by atoms with E-state index in [2.05, 4.69) is 4.74 Å². The highest BCUT2D eigenvalue weighted by atomic mass is 32.2. The first kappa shape index (κ1) is 16.8. The van der Waals surface area contributed by atoms with E-state index in [-0.39, 0.29) is 17.9 Å². The van der Waals surface area contributed by atoms with E-state index in [0.717, 1.165) is 12.8 Å². The molecule has 0 aromatic heterocycles. The summed E-state index contributed by atoms with van der Waals surface area (Å²) >= 11 is 0. The van der Waals surface area contributed by atoms with Gasteiger partial charge in [-0.25, -0.2) is 0 Å². The first-order valence-electron chi connectivity index (χ1n) is 4.50. The molecule has 7 heteroatoms. The van der Waals surface area contributed by atoms with Crippen molar-refractivity contribution in [3.8, 4) is 0 Å². The van der Waals surface area contributed by atoms with Crippen LogP contribution in [0.25, 0.3) is 0 Å². The Kier molecular flexibility index (Phi) is 9.64. The molecule has 0 saturated carbocycles. The quantitative estimate of drug-likeness (QED) is 0.392. The summed E-state index contributed by atoms with van der Waals surface area (Å²) in [5.74, 6) is -0.497. The van der Waals surface area contributed by atoms with Gasteiger partial charge in [0.1, 0.15) is 0 Å². The molecule has 0 aliphatic heterocycles. The van der Waals surface area contributed by atoms with Gasteiger partial charge >= 0.3 is 5.97 Å². The molecule has 0 aliphatic rings. The molecule has 0 radical (unpaired) electrons. The van der Waals surface area contributed by atoms with Gasteiger partial charge in [-0.3, -0.25) is 9.35 Å². The van der Waals surface area contributed by atoms with Crippen molar-refractivity contribution in [3.63, 3.8) is 0 Å². The summed E-state index contributed by atoms with van der Waals surface area (Å²) in [6.07, 6.45) is 2.67. The molecule has 0 saturated heterocycles. The van der Waals surface area contributed by atoms with Gasteiger partial charge in [0.25, 0.3) is 10.1 Å². The average Bonchev–Trinajstić information content (AvgIpc) is 2.00. The number of hydrogen-bond donors (Lipinski definition) is 2. The maximum absolute atomic E-state index is 10.3. The highest BCUT2D eigenvalue weighted by Crippen LogP contribution is 2.02. The van der Waals surface area contributed by atoms with Gasteiger partial charge in [-0.2, -0.15) is 8.42 Å². The fourth-order valence-electron chi connectivity index (χ4n) is 0.956. The van der Waals surface area contributed by atoms with E-state index in [1.807, 2.05) is 0 Å². The third kappa shape index (κ3) is 16.0. The van der Waals surface area contributed by atoms with Crippen LogP contribution in [0.2, 0.25) is 0 Å². The molecule has 0 atom stereocenters. The molecule has 0 aromatic carbocycles. The van der Waals surface area contributed by atoms with Crippen LogP contribution in [0, 0.1) is 0 Å². The normalized spacial score (nSPS) is 10.5. The van der Waals surface area contributed by atoms with Gasteiger partial charge in [-0.1, -0.05) is 12.8 Å². The van der Waals surface area contributed by atoms with Crippen molar-refractivity contribution in [3.05, 3.63) is 0 Å². The minimum absolute atomic E-state index is 0. The lowest BCUT2D eigenvalue weighted by atomic mass is 10.2. The first-order valence-corrected chi connectivity index (χ1v) is 6.11. The lowest BCUT2D eigenvalue weighted by molar-refractivity contribution is -0.141. The molecule has 0 unspecified atom stereocenters.